The standard InChI is InChI=1S/C12H10F3NO4/c13-12(14,15)20-9-4-2-1-3-8(9)16-6-7(11(18)19)5-10(16)17/h1-4,7H,5-6H2,(H,18,19)/t7-/m0/s1. The van der Waals surface area contributed by atoms with Gasteiger partial charge in [0, 0.05) is 13.0 Å². The second-order valence-electron chi connectivity index (χ2n) is 4.26. The summed E-state index contributed by atoms with van der Waals surface area (Å²) in [5.74, 6) is -3.16. The fraction of sp³-hybridized carbons (Fsp3) is 0.333. The van der Waals surface area contributed by atoms with Crippen LogP contribution in [0.15, 0.2) is 24.3 Å². The third-order valence-electron chi connectivity index (χ3n) is 2.86. The van der Waals surface area contributed by atoms with E-state index in [0.29, 0.717) is 0 Å². The number of alkyl halides is 3. The van der Waals surface area contributed by atoms with Crippen LogP contribution in [-0.4, -0.2) is 29.9 Å². The molecule has 0 aliphatic carbocycles. The molecular weight excluding hydrogens is 279 g/mol. The number of hydrogen-bond donors (Lipinski definition) is 1. The summed E-state index contributed by atoms with van der Waals surface area (Å²) in [6, 6.07) is 5.13. The molecule has 0 unspecified atom stereocenters. The van der Waals surface area contributed by atoms with Gasteiger partial charge in [0.05, 0.1) is 11.6 Å². The summed E-state index contributed by atoms with van der Waals surface area (Å²) in [7, 11) is 0. The lowest BCUT2D eigenvalue weighted by Gasteiger charge is -2.20. The van der Waals surface area contributed by atoms with E-state index in [-0.39, 0.29) is 18.7 Å². The van der Waals surface area contributed by atoms with E-state index in [1.807, 2.05) is 0 Å². The highest BCUT2D eigenvalue weighted by molar-refractivity contribution is 6.00. The van der Waals surface area contributed by atoms with Crippen molar-refractivity contribution >= 4 is 17.6 Å². The predicted molar refractivity (Wildman–Crippen MR) is 61.2 cm³/mol. The van der Waals surface area contributed by atoms with Gasteiger partial charge in [-0.3, -0.25) is 9.59 Å². The normalized spacial score (nSPS) is 19.2. The summed E-state index contributed by atoms with van der Waals surface area (Å²) in [5.41, 5.74) is -0.0847. The van der Waals surface area contributed by atoms with Crippen LogP contribution in [0.1, 0.15) is 6.42 Å². The summed E-state index contributed by atoms with van der Waals surface area (Å²) < 4.78 is 40.7. The molecule has 2 rings (SSSR count). The number of carboxylic acid groups (broad SMARTS) is 1. The highest BCUT2D eigenvalue weighted by atomic mass is 19.4. The maximum Gasteiger partial charge on any atom is 0.573 e. The van der Waals surface area contributed by atoms with Crippen molar-refractivity contribution in [2.24, 2.45) is 5.92 Å². The van der Waals surface area contributed by atoms with Crippen molar-refractivity contribution in [3.05, 3.63) is 24.3 Å². The first-order valence-corrected chi connectivity index (χ1v) is 5.66. The lowest BCUT2D eigenvalue weighted by molar-refractivity contribution is -0.274. The Morgan fingerprint density at radius 1 is 1.35 bits per heavy atom. The summed E-state index contributed by atoms with van der Waals surface area (Å²) in [6.07, 6.45) is -5.12. The third-order valence-corrected chi connectivity index (χ3v) is 2.86. The van der Waals surface area contributed by atoms with E-state index in [0.717, 1.165) is 11.0 Å². The molecule has 1 aliphatic heterocycles. The lowest BCUT2D eigenvalue weighted by atomic mass is 10.1. The Labute approximate surface area is 111 Å². The van der Waals surface area contributed by atoms with Gasteiger partial charge in [0.1, 0.15) is 0 Å². The van der Waals surface area contributed by atoms with Gasteiger partial charge in [0.25, 0.3) is 0 Å². The number of aliphatic carboxylic acids is 1. The number of benzene rings is 1. The van der Waals surface area contributed by atoms with Crippen molar-refractivity contribution in [3.63, 3.8) is 0 Å². The van der Waals surface area contributed by atoms with Crippen molar-refractivity contribution in [3.8, 4) is 5.75 Å². The molecule has 8 heteroatoms. The number of para-hydroxylation sites is 2. The Hall–Kier alpha value is -2.25. The van der Waals surface area contributed by atoms with Gasteiger partial charge in [-0.1, -0.05) is 12.1 Å². The van der Waals surface area contributed by atoms with E-state index in [2.05, 4.69) is 4.74 Å². The number of hydrogen-bond acceptors (Lipinski definition) is 3. The molecule has 0 aromatic heterocycles. The SMILES string of the molecule is O=C(O)[C@H]1CC(=O)N(c2ccccc2OC(F)(F)F)C1. The molecule has 1 aliphatic rings. The van der Waals surface area contributed by atoms with Crippen LogP contribution in [-0.2, 0) is 9.59 Å². The number of rotatable bonds is 3. The van der Waals surface area contributed by atoms with Crippen molar-refractivity contribution < 1.29 is 32.6 Å². The van der Waals surface area contributed by atoms with Crippen molar-refractivity contribution in [2.75, 3.05) is 11.4 Å². The minimum atomic E-state index is -4.88. The molecule has 1 heterocycles. The van der Waals surface area contributed by atoms with Crippen LogP contribution in [0, 0.1) is 5.92 Å². The molecule has 0 spiro atoms. The molecule has 1 fully saturated rings. The molecule has 1 aromatic carbocycles. The summed E-state index contributed by atoms with van der Waals surface area (Å²) in [4.78, 5) is 23.6. The van der Waals surface area contributed by atoms with Gasteiger partial charge in [-0.05, 0) is 12.1 Å². The van der Waals surface area contributed by atoms with E-state index < -0.39 is 29.9 Å². The number of amides is 1. The molecule has 1 amide bonds. The Morgan fingerprint density at radius 3 is 2.55 bits per heavy atom. The van der Waals surface area contributed by atoms with Gasteiger partial charge >= 0.3 is 12.3 Å². The maximum atomic E-state index is 12.3. The molecule has 5 nitrogen and oxygen atoms in total. The Balaban J connectivity index is 2.29. The van der Waals surface area contributed by atoms with Gasteiger partial charge in [-0.25, -0.2) is 0 Å². The number of ether oxygens (including phenoxy) is 1. The van der Waals surface area contributed by atoms with Crippen molar-refractivity contribution in [2.45, 2.75) is 12.8 Å². The van der Waals surface area contributed by atoms with Crippen molar-refractivity contribution in [1.29, 1.82) is 0 Å². The second kappa shape index (κ2) is 5.03. The van der Waals surface area contributed by atoms with Crippen molar-refractivity contribution in [1.82, 2.24) is 0 Å². The molecule has 1 saturated heterocycles. The minimum absolute atomic E-state index is 0.0847. The van der Waals surface area contributed by atoms with Crippen LogP contribution in [0.2, 0.25) is 0 Å². The lowest BCUT2D eigenvalue weighted by Crippen LogP contribution is -2.27. The Kier molecular flexibility index (Phi) is 3.56. The number of anilines is 1. The quantitative estimate of drug-likeness (QED) is 0.924. The monoisotopic (exact) mass is 289 g/mol. The average Bonchev–Trinajstić information content (AvgIpc) is 2.70. The molecule has 1 atom stereocenters. The van der Waals surface area contributed by atoms with Gasteiger partial charge in [-0.15, -0.1) is 13.2 Å². The third kappa shape index (κ3) is 3.01. The number of carboxylic acids is 1. The minimum Gasteiger partial charge on any atom is -0.481 e. The highest BCUT2D eigenvalue weighted by Gasteiger charge is 2.38. The molecule has 0 bridgehead atoms. The van der Waals surface area contributed by atoms with Gasteiger partial charge in [0.15, 0.2) is 5.75 Å². The summed E-state index contributed by atoms with van der Waals surface area (Å²) in [5, 5.41) is 8.86. The first-order chi connectivity index (χ1) is 9.28. The fourth-order valence-corrected chi connectivity index (χ4v) is 2.00. The van der Waals surface area contributed by atoms with Crippen LogP contribution in [0.5, 0.6) is 5.75 Å². The number of carbonyl (C=O) groups excluding carboxylic acids is 1. The summed E-state index contributed by atoms with van der Waals surface area (Å²) in [6.45, 7) is -0.174. The van der Waals surface area contributed by atoms with Crippen LogP contribution in [0.3, 0.4) is 0 Å². The molecular formula is C12H10F3NO4. The maximum absolute atomic E-state index is 12.3. The molecule has 1 N–H and O–H groups in total. The van der Waals surface area contributed by atoms with Crippen LogP contribution in [0.4, 0.5) is 18.9 Å². The number of carbonyl (C=O) groups is 2. The van der Waals surface area contributed by atoms with E-state index >= 15 is 0 Å². The summed E-state index contributed by atoms with van der Waals surface area (Å²) >= 11 is 0. The van der Waals surface area contributed by atoms with Crippen LogP contribution in [0.25, 0.3) is 0 Å². The van der Waals surface area contributed by atoms with Gasteiger partial charge < -0.3 is 14.7 Å². The zero-order valence-corrected chi connectivity index (χ0v) is 10.1. The van der Waals surface area contributed by atoms with Gasteiger partial charge in [0.2, 0.25) is 5.91 Å². The average molecular weight is 289 g/mol. The highest BCUT2D eigenvalue weighted by Crippen LogP contribution is 2.35. The van der Waals surface area contributed by atoms with Crippen LogP contribution < -0.4 is 9.64 Å². The van der Waals surface area contributed by atoms with Gasteiger partial charge in [-0.2, -0.15) is 0 Å². The fourth-order valence-electron chi connectivity index (χ4n) is 2.00. The Morgan fingerprint density at radius 2 is 2.00 bits per heavy atom. The largest absolute Gasteiger partial charge is 0.573 e. The molecule has 0 saturated carbocycles. The topological polar surface area (TPSA) is 66.8 Å². The Bertz CT molecular complexity index is 544. The first kappa shape index (κ1) is 14.2. The van der Waals surface area contributed by atoms with E-state index in [1.165, 1.54) is 18.2 Å². The number of halogens is 3. The molecule has 1 aromatic rings. The zero-order valence-electron chi connectivity index (χ0n) is 10.1. The predicted octanol–water partition coefficient (Wildman–Crippen LogP) is 2.02. The second-order valence-corrected chi connectivity index (χ2v) is 4.26. The molecule has 20 heavy (non-hydrogen) atoms. The van der Waals surface area contributed by atoms with Crippen LogP contribution >= 0.6 is 0 Å². The number of nitrogens with zero attached hydrogens (tertiary/aromatic N) is 1. The zero-order chi connectivity index (χ0) is 14.9. The smallest absolute Gasteiger partial charge is 0.481 e. The molecule has 108 valence electrons. The first-order valence-electron chi connectivity index (χ1n) is 5.66. The van der Waals surface area contributed by atoms with E-state index in [4.69, 9.17) is 5.11 Å². The van der Waals surface area contributed by atoms with E-state index in [1.54, 1.807) is 0 Å². The van der Waals surface area contributed by atoms with E-state index in [9.17, 15) is 22.8 Å². The molecule has 0 radical (unpaired) electrons.